The molecule has 26 heavy (non-hydrogen) atoms. The molecule has 0 bridgehead atoms. The Kier molecular flexibility index (Phi) is 4.23. The fourth-order valence-electron chi connectivity index (χ4n) is 3.61. The van der Waals surface area contributed by atoms with Gasteiger partial charge in [0.15, 0.2) is 11.5 Å². The molecule has 0 amide bonds. The van der Waals surface area contributed by atoms with Crippen molar-refractivity contribution in [2.24, 2.45) is 5.10 Å². The summed E-state index contributed by atoms with van der Waals surface area (Å²) in [4.78, 5) is 0. The topological polar surface area (TPSA) is 60.1 Å². The van der Waals surface area contributed by atoms with E-state index in [0.29, 0.717) is 6.04 Å². The minimum absolute atomic E-state index is 0.281. The van der Waals surface area contributed by atoms with Gasteiger partial charge in [0, 0.05) is 29.4 Å². The number of hydrogen-bond donors (Lipinski definition) is 1. The summed E-state index contributed by atoms with van der Waals surface area (Å²) in [5.74, 6) is 1.62. The predicted octanol–water partition coefficient (Wildman–Crippen LogP) is 3.71. The molecule has 2 heterocycles. The number of nitrogens with zero attached hydrogens (tertiary/aromatic N) is 2. The van der Waals surface area contributed by atoms with Gasteiger partial charge in [0.2, 0.25) is 6.79 Å². The lowest BCUT2D eigenvalue weighted by Gasteiger charge is -2.24. The van der Waals surface area contributed by atoms with Crippen molar-refractivity contribution >= 4 is 11.4 Å². The minimum atomic E-state index is 0.281. The zero-order valence-electron chi connectivity index (χ0n) is 15.6. The van der Waals surface area contributed by atoms with E-state index in [4.69, 9.17) is 20.3 Å². The SMILES string of the molecule is CCCN1N=C(c2ccc(N)c(C)c2)c2cc3c(cc2C[C@H]1C)OCO3. The third-order valence-corrected chi connectivity index (χ3v) is 5.10. The number of benzene rings is 2. The van der Waals surface area contributed by atoms with Crippen LogP contribution in [0.4, 0.5) is 5.69 Å². The summed E-state index contributed by atoms with van der Waals surface area (Å²) in [5, 5.41) is 7.27. The summed E-state index contributed by atoms with van der Waals surface area (Å²) in [6, 6.07) is 10.6. The first-order chi connectivity index (χ1) is 12.6. The van der Waals surface area contributed by atoms with Crippen LogP contribution in [0.2, 0.25) is 0 Å². The van der Waals surface area contributed by atoms with Crippen molar-refractivity contribution in [3.63, 3.8) is 0 Å². The Balaban J connectivity index is 1.89. The molecule has 4 rings (SSSR count). The van der Waals surface area contributed by atoms with Gasteiger partial charge < -0.3 is 15.2 Å². The highest BCUT2D eigenvalue weighted by molar-refractivity contribution is 6.14. The van der Waals surface area contributed by atoms with Crippen LogP contribution < -0.4 is 15.2 Å². The van der Waals surface area contributed by atoms with Gasteiger partial charge in [0.1, 0.15) is 0 Å². The average molecular weight is 351 g/mol. The van der Waals surface area contributed by atoms with Crippen LogP contribution in [-0.4, -0.2) is 30.1 Å². The second-order valence-corrected chi connectivity index (χ2v) is 7.10. The molecule has 1 atom stereocenters. The van der Waals surface area contributed by atoms with E-state index >= 15 is 0 Å². The third kappa shape index (κ3) is 2.87. The maximum atomic E-state index is 6.03. The first-order valence-electron chi connectivity index (χ1n) is 9.21. The molecule has 2 aromatic rings. The number of hydrogen-bond acceptors (Lipinski definition) is 5. The summed E-state index contributed by atoms with van der Waals surface area (Å²) in [5.41, 5.74) is 12.3. The molecule has 2 aliphatic heterocycles. The van der Waals surface area contributed by atoms with E-state index in [9.17, 15) is 0 Å². The van der Waals surface area contributed by atoms with Crippen molar-refractivity contribution < 1.29 is 9.47 Å². The molecule has 0 spiro atoms. The Bertz CT molecular complexity index is 876. The summed E-state index contributed by atoms with van der Waals surface area (Å²) >= 11 is 0. The number of ether oxygens (including phenoxy) is 2. The highest BCUT2D eigenvalue weighted by Gasteiger charge is 2.26. The van der Waals surface area contributed by atoms with Crippen LogP contribution in [0.15, 0.2) is 35.4 Å². The second kappa shape index (κ2) is 6.56. The van der Waals surface area contributed by atoms with Crippen molar-refractivity contribution in [2.75, 3.05) is 19.1 Å². The zero-order valence-corrected chi connectivity index (χ0v) is 15.6. The van der Waals surface area contributed by atoms with Crippen molar-refractivity contribution in [3.05, 3.63) is 52.6 Å². The van der Waals surface area contributed by atoms with E-state index in [2.05, 4.69) is 43.1 Å². The molecule has 2 aromatic carbocycles. The van der Waals surface area contributed by atoms with Gasteiger partial charge in [0.25, 0.3) is 0 Å². The van der Waals surface area contributed by atoms with Gasteiger partial charge in [-0.3, -0.25) is 5.01 Å². The third-order valence-electron chi connectivity index (χ3n) is 5.10. The number of rotatable bonds is 3. The van der Waals surface area contributed by atoms with Crippen molar-refractivity contribution in [1.82, 2.24) is 5.01 Å². The smallest absolute Gasteiger partial charge is 0.231 e. The fraction of sp³-hybridized carbons (Fsp3) is 0.381. The molecule has 0 fully saturated rings. The first-order valence-corrected chi connectivity index (χ1v) is 9.21. The molecular weight excluding hydrogens is 326 g/mol. The van der Waals surface area contributed by atoms with Gasteiger partial charge >= 0.3 is 0 Å². The minimum Gasteiger partial charge on any atom is -0.454 e. The lowest BCUT2D eigenvalue weighted by molar-refractivity contribution is 0.174. The van der Waals surface area contributed by atoms with Gasteiger partial charge in [-0.15, -0.1) is 0 Å². The average Bonchev–Trinajstić information content (AvgIpc) is 3.02. The van der Waals surface area contributed by atoms with Gasteiger partial charge in [0.05, 0.1) is 5.71 Å². The maximum Gasteiger partial charge on any atom is 0.231 e. The Hall–Kier alpha value is -2.69. The lowest BCUT2D eigenvalue weighted by atomic mass is 9.93. The Morgan fingerprint density at radius 2 is 1.96 bits per heavy atom. The second-order valence-electron chi connectivity index (χ2n) is 7.10. The number of fused-ring (bicyclic) bond motifs is 2. The standard InChI is InChI=1S/C21H25N3O2/c1-4-7-24-14(3)9-16-10-19-20(26-12-25-19)11-17(16)21(23-24)15-5-6-18(22)13(2)8-15/h5-6,8,10-11,14H,4,7,9,12,22H2,1-3H3/t14-/m1/s1. The summed E-state index contributed by atoms with van der Waals surface area (Å²) in [7, 11) is 0. The largest absolute Gasteiger partial charge is 0.454 e. The van der Waals surface area contributed by atoms with E-state index in [-0.39, 0.29) is 6.79 Å². The zero-order chi connectivity index (χ0) is 18.3. The predicted molar refractivity (Wildman–Crippen MR) is 104 cm³/mol. The number of anilines is 1. The van der Waals surface area contributed by atoms with Gasteiger partial charge in [-0.1, -0.05) is 13.0 Å². The number of aryl methyl sites for hydroxylation is 1. The van der Waals surface area contributed by atoms with E-state index < -0.39 is 0 Å². The normalized spacial score (nSPS) is 18.3. The Morgan fingerprint density at radius 3 is 2.69 bits per heavy atom. The molecule has 0 radical (unpaired) electrons. The van der Waals surface area contributed by atoms with E-state index in [1.165, 1.54) is 5.56 Å². The molecule has 0 saturated carbocycles. The van der Waals surface area contributed by atoms with Gasteiger partial charge in [-0.25, -0.2) is 0 Å². The number of hydrazone groups is 1. The summed E-state index contributed by atoms with van der Waals surface area (Å²) in [6.45, 7) is 7.65. The van der Waals surface area contributed by atoms with E-state index in [1.54, 1.807) is 0 Å². The van der Waals surface area contributed by atoms with Crippen LogP contribution >= 0.6 is 0 Å². The quantitative estimate of drug-likeness (QED) is 0.856. The Morgan fingerprint density at radius 1 is 1.19 bits per heavy atom. The highest BCUT2D eigenvalue weighted by atomic mass is 16.7. The highest BCUT2D eigenvalue weighted by Crippen LogP contribution is 2.37. The molecule has 0 saturated heterocycles. The van der Waals surface area contributed by atoms with Crippen LogP contribution in [0, 0.1) is 6.92 Å². The van der Waals surface area contributed by atoms with Crippen LogP contribution in [0.3, 0.4) is 0 Å². The first kappa shape index (κ1) is 16.8. The Labute approximate surface area is 154 Å². The lowest BCUT2D eigenvalue weighted by Crippen LogP contribution is -2.30. The van der Waals surface area contributed by atoms with Crippen molar-refractivity contribution in [3.8, 4) is 11.5 Å². The molecule has 136 valence electrons. The number of nitrogen functional groups attached to an aromatic ring is 1. The molecule has 2 aliphatic rings. The summed E-state index contributed by atoms with van der Waals surface area (Å²) in [6.07, 6.45) is 1.98. The summed E-state index contributed by atoms with van der Waals surface area (Å²) < 4.78 is 11.2. The van der Waals surface area contributed by atoms with Crippen LogP contribution in [0.25, 0.3) is 0 Å². The molecule has 5 heteroatoms. The molecule has 2 N–H and O–H groups in total. The van der Waals surface area contributed by atoms with Crippen LogP contribution in [0.5, 0.6) is 11.5 Å². The van der Waals surface area contributed by atoms with Gasteiger partial charge in [-0.2, -0.15) is 5.10 Å². The molecular formula is C21H25N3O2. The van der Waals surface area contributed by atoms with Gasteiger partial charge in [-0.05, 0) is 62.1 Å². The number of nitrogens with two attached hydrogens (primary N) is 1. The molecule has 0 aromatic heterocycles. The van der Waals surface area contributed by atoms with Crippen LogP contribution in [-0.2, 0) is 6.42 Å². The molecule has 0 unspecified atom stereocenters. The van der Waals surface area contributed by atoms with E-state index in [1.807, 2.05) is 13.0 Å². The maximum absolute atomic E-state index is 6.03. The fourth-order valence-corrected chi connectivity index (χ4v) is 3.61. The van der Waals surface area contributed by atoms with Crippen LogP contribution in [0.1, 0.15) is 42.5 Å². The molecule has 0 aliphatic carbocycles. The monoisotopic (exact) mass is 351 g/mol. The molecule has 5 nitrogen and oxygen atoms in total. The van der Waals surface area contributed by atoms with E-state index in [0.717, 1.165) is 59.0 Å². The van der Waals surface area contributed by atoms with Crippen molar-refractivity contribution in [1.29, 1.82) is 0 Å². The van der Waals surface area contributed by atoms with Crippen molar-refractivity contribution in [2.45, 2.75) is 39.7 Å².